The van der Waals surface area contributed by atoms with E-state index in [1.807, 2.05) is 51.1 Å². The summed E-state index contributed by atoms with van der Waals surface area (Å²) in [4.78, 5) is 27.2. The minimum absolute atomic E-state index is 0.147. The van der Waals surface area contributed by atoms with Crippen molar-refractivity contribution in [3.63, 3.8) is 0 Å². The Morgan fingerprint density at radius 1 is 1.07 bits per heavy atom. The van der Waals surface area contributed by atoms with E-state index in [-0.39, 0.29) is 28.9 Å². The van der Waals surface area contributed by atoms with Gasteiger partial charge in [-0.1, -0.05) is 48.5 Å². The molecule has 2 aromatic rings. The van der Waals surface area contributed by atoms with Gasteiger partial charge in [-0.15, -0.1) is 11.8 Å². The summed E-state index contributed by atoms with van der Waals surface area (Å²) >= 11 is 1.35. The van der Waals surface area contributed by atoms with E-state index in [2.05, 4.69) is 5.32 Å². The lowest BCUT2D eigenvalue weighted by Gasteiger charge is -2.31. The Morgan fingerprint density at radius 2 is 1.69 bits per heavy atom. The third-order valence-corrected chi connectivity index (χ3v) is 5.27. The van der Waals surface area contributed by atoms with Gasteiger partial charge >= 0.3 is 0 Å². The van der Waals surface area contributed by atoms with E-state index < -0.39 is 6.04 Å². The van der Waals surface area contributed by atoms with Crippen molar-refractivity contribution in [1.82, 2.24) is 10.2 Å². The Hall–Kier alpha value is -2.34. The molecule has 2 aromatic carbocycles. The molecule has 0 radical (unpaired) electrons. The Labute approximate surface area is 176 Å². The first-order valence-corrected chi connectivity index (χ1v) is 10.8. The molecule has 4 nitrogen and oxygen atoms in total. The Balaban J connectivity index is 2.07. The van der Waals surface area contributed by atoms with Gasteiger partial charge in [0.1, 0.15) is 11.9 Å². The number of thioether (sulfide) groups is 1. The lowest BCUT2D eigenvalue weighted by molar-refractivity contribution is -0.139. The molecule has 29 heavy (non-hydrogen) atoms. The molecule has 0 aliphatic carbocycles. The molecule has 2 rings (SSSR count). The number of nitrogens with one attached hydrogen (secondary N) is 1. The highest BCUT2D eigenvalue weighted by Gasteiger charge is 2.28. The van der Waals surface area contributed by atoms with Crippen molar-refractivity contribution in [1.29, 1.82) is 0 Å². The molecule has 156 valence electrons. The van der Waals surface area contributed by atoms with Crippen molar-refractivity contribution >= 4 is 23.6 Å². The smallest absolute Gasteiger partial charge is 0.242 e. The predicted molar refractivity (Wildman–Crippen MR) is 117 cm³/mol. The third-order valence-electron chi connectivity index (χ3n) is 4.30. The van der Waals surface area contributed by atoms with Crippen molar-refractivity contribution in [2.75, 3.05) is 5.75 Å². The summed E-state index contributed by atoms with van der Waals surface area (Å²) in [7, 11) is 0. The molecule has 0 spiro atoms. The fourth-order valence-electron chi connectivity index (χ4n) is 2.78. The van der Waals surface area contributed by atoms with Crippen molar-refractivity contribution < 1.29 is 14.0 Å². The number of benzene rings is 2. The van der Waals surface area contributed by atoms with E-state index in [1.54, 1.807) is 30.0 Å². The van der Waals surface area contributed by atoms with E-state index >= 15 is 0 Å². The molecule has 0 saturated heterocycles. The number of nitrogens with zero attached hydrogens (tertiary/aromatic N) is 1. The Morgan fingerprint density at radius 3 is 2.31 bits per heavy atom. The fraction of sp³-hybridized carbons (Fsp3) is 0.391. The van der Waals surface area contributed by atoms with Crippen LogP contribution >= 0.6 is 11.8 Å². The first-order valence-electron chi connectivity index (χ1n) is 9.64. The molecule has 2 amide bonds. The van der Waals surface area contributed by atoms with Gasteiger partial charge in [0, 0.05) is 17.8 Å². The first kappa shape index (κ1) is 22.9. The molecule has 0 unspecified atom stereocenters. The highest BCUT2D eigenvalue weighted by Crippen LogP contribution is 2.18. The number of amides is 2. The zero-order chi connectivity index (χ0) is 21.4. The summed E-state index contributed by atoms with van der Waals surface area (Å²) in [6.45, 7) is 7.81. The maximum absolute atomic E-state index is 13.8. The summed E-state index contributed by atoms with van der Waals surface area (Å²) in [6, 6.07) is 15.5. The minimum Gasteiger partial charge on any atom is -0.350 e. The average Bonchev–Trinajstić information content (AvgIpc) is 2.66. The predicted octanol–water partition coefficient (Wildman–Crippen LogP) is 4.39. The Kier molecular flexibility index (Phi) is 8.26. The van der Waals surface area contributed by atoms with E-state index in [4.69, 9.17) is 0 Å². The Bertz CT molecular complexity index is 821. The van der Waals surface area contributed by atoms with Crippen molar-refractivity contribution in [2.24, 2.45) is 0 Å². The maximum Gasteiger partial charge on any atom is 0.242 e. The second-order valence-corrected chi connectivity index (χ2v) is 8.99. The van der Waals surface area contributed by atoms with Gasteiger partial charge in [-0.05, 0) is 44.9 Å². The normalized spacial score (nSPS) is 12.3. The van der Waals surface area contributed by atoms with E-state index in [9.17, 15) is 14.0 Å². The number of halogens is 1. The maximum atomic E-state index is 13.8. The molecule has 1 N–H and O–H groups in total. The summed E-state index contributed by atoms with van der Waals surface area (Å²) in [5, 5.41) is 2.94. The lowest BCUT2D eigenvalue weighted by Crippen LogP contribution is -2.52. The van der Waals surface area contributed by atoms with Crippen LogP contribution in [-0.2, 0) is 21.9 Å². The number of hydrogen-bond donors (Lipinski definition) is 1. The van der Waals surface area contributed by atoms with Crippen LogP contribution in [0.3, 0.4) is 0 Å². The molecular formula is C23H29FN2O2S. The van der Waals surface area contributed by atoms with Gasteiger partial charge < -0.3 is 10.2 Å². The second kappa shape index (κ2) is 10.4. The van der Waals surface area contributed by atoms with Crippen molar-refractivity contribution in [3.05, 3.63) is 71.5 Å². The van der Waals surface area contributed by atoms with Crippen LogP contribution in [0.5, 0.6) is 0 Å². The van der Waals surface area contributed by atoms with Gasteiger partial charge in [-0.2, -0.15) is 0 Å². The van der Waals surface area contributed by atoms with Gasteiger partial charge in [-0.25, -0.2) is 4.39 Å². The third kappa shape index (κ3) is 7.54. The van der Waals surface area contributed by atoms with Gasteiger partial charge in [0.2, 0.25) is 11.8 Å². The number of rotatable bonds is 8. The number of carbonyl (C=O) groups is 2. The largest absolute Gasteiger partial charge is 0.350 e. The average molecular weight is 417 g/mol. The molecule has 0 aromatic heterocycles. The fourth-order valence-corrected chi connectivity index (χ4v) is 3.68. The summed E-state index contributed by atoms with van der Waals surface area (Å²) in [6.07, 6.45) is 0. The van der Waals surface area contributed by atoms with Crippen LogP contribution in [-0.4, -0.2) is 34.0 Å². The van der Waals surface area contributed by atoms with Crippen LogP contribution < -0.4 is 5.32 Å². The zero-order valence-corrected chi connectivity index (χ0v) is 18.3. The molecule has 1 atom stereocenters. The van der Waals surface area contributed by atoms with E-state index in [0.717, 1.165) is 5.56 Å². The van der Waals surface area contributed by atoms with Gasteiger partial charge in [0.25, 0.3) is 0 Å². The molecule has 6 heteroatoms. The summed E-state index contributed by atoms with van der Waals surface area (Å²) < 4.78 is 13.8. The number of hydrogen-bond acceptors (Lipinski definition) is 3. The van der Waals surface area contributed by atoms with Crippen LogP contribution in [0.15, 0.2) is 54.6 Å². The van der Waals surface area contributed by atoms with Crippen LogP contribution in [0.1, 0.15) is 38.8 Å². The van der Waals surface area contributed by atoms with Crippen molar-refractivity contribution in [2.45, 2.75) is 51.6 Å². The van der Waals surface area contributed by atoms with Gasteiger partial charge in [0.05, 0.1) is 5.75 Å². The minimum atomic E-state index is -0.615. The molecule has 0 bridgehead atoms. The lowest BCUT2D eigenvalue weighted by atomic mass is 10.1. The topological polar surface area (TPSA) is 49.4 Å². The zero-order valence-electron chi connectivity index (χ0n) is 17.4. The highest BCUT2D eigenvalue weighted by molar-refractivity contribution is 7.99. The molecule has 0 heterocycles. The molecule has 0 aliphatic rings. The summed E-state index contributed by atoms with van der Waals surface area (Å²) in [5.74, 6) is -0.0341. The quantitative estimate of drug-likeness (QED) is 0.694. The monoisotopic (exact) mass is 416 g/mol. The second-order valence-electron chi connectivity index (χ2n) is 8.01. The van der Waals surface area contributed by atoms with E-state index in [1.165, 1.54) is 17.8 Å². The van der Waals surface area contributed by atoms with Crippen LogP contribution in [0.4, 0.5) is 4.39 Å². The van der Waals surface area contributed by atoms with Crippen LogP contribution in [0.25, 0.3) is 0 Å². The molecule has 0 saturated carbocycles. The van der Waals surface area contributed by atoms with E-state index in [0.29, 0.717) is 17.9 Å². The van der Waals surface area contributed by atoms with Crippen LogP contribution in [0, 0.1) is 5.82 Å². The van der Waals surface area contributed by atoms with Gasteiger partial charge in [0.15, 0.2) is 0 Å². The van der Waals surface area contributed by atoms with Crippen LogP contribution in [0.2, 0.25) is 0 Å². The molecule has 0 aliphatic heterocycles. The SMILES string of the molecule is C[C@H](C(=O)NC(C)(C)C)N(Cc1ccccc1)C(=O)CSCc1ccccc1F. The first-order chi connectivity index (χ1) is 13.7. The standard InChI is InChI=1S/C23H29FN2O2S/c1-17(22(28)25-23(2,3)4)26(14-18-10-6-5-7-11-18)21(27)16-29-15-19-12-8-9-13-20(19)24/h5-13,17H,14-16H2,1-4H3,(H,25,28)/t17-/m1/s1. The van der Waals surface area contributed by atoms with Gasteiger partial charge in [-0.3, -0.25) is 9.59 Å². The molecule has 0 fully saturated rings. The summed E-state index contributed by atoms with van der Waals surface area (Å²) in [5.41, 5.74) is 1.14. The highest BCUT2D eigenvalue weighted by atomic mass is 32.2. The van der Waals surface area contributed by atoms with Crippen molar-refractivity contribution in [3.8, 4) is 0 Å². The molecular weight excluding hydrogens is 387 g/mol. The number of carbonyl (C=O) groups excluding carboxylic acids is 2.